The summed E-state index contributed by atoms with van der Waals surface area (Å²) in [6.07, 6.45) is 3.50. The maximum atomic E-state index is 9.80. The number of hydrogen-bond acceptors (Lipinski definition) is 5. The molecule has 0 spiro atoms. The van der Waals surface area contributed by atoms with E-state index in [0.29, 0.717) is 11.1 Å². The predicted octanol–water partition coefficient (Wildman–Crippen LogP) is 1.57. The van der Waals surface area contributed by atoms with Crippen molar-refractivity contribution in [1.29, 1.82) is 5.26 Å². The first-order valence-electron chi connectivity index (χ1n) is 9.47. The Kier molecular flexibility index (Phi) is 6.05. The molecular weight excluding hydrogens is 436 g/mol. The van der Waals surface area contributed by atoms with Crippen molar-refractivity contribution in [2.45, 2.75) is 35.3 Å². The smallest absolute Gasteiger partial charge is 0.149 e. The van der Waals surface area contributed by atoms with E-state index in [0.717, 1.165) is 42.7 Å². The van der Waals surface area contributed by atoms with E-state index in [2.05, 4.69) is 60.4 Å². The van der Waals surface area contributed by atoms with E-state index in [9.17, 15) is 5.26 Å². The lowest BCUT2D eigenvalue weighted by Crippen LogP contribution is -2.54. The summed E-state index contributed by atoms with van der Waals surface area (Å²) in [5.41, 5.74) is 2.71. The highest BCUT2D eigenvalue weighted by atomic mass is 79.9. The fraction of sp³-hybridized carbons (Fsp3) is 0.500. The van der Waals surface area contributed by atoms with Gasteiger partial charge < -0.3 is 9.64 Å². The third-order valence-corrected chi connectivity index (χ3v) is 6.73. The molecule has 1 aliphatic rings. The van der Waals surface area contributed by atoms with E-state index < -0.39 is 0 Å². The van der Waals surface area contributed by atoms with E-state index in [4.69, 9.17) is 16.3 Å². The minimum atomic E-state index is -0.181. The molecule has 0 radical (unpaired) electrons. The van der Waals surface area contributed by atoms with E-state index >= 15 is 0 Å². The standard InChI is InChI=1S/C18H23B3BrClN4O/c1-10(22)13-7-11-14(9-25-13)26-16(23)12(8-24)15(11)27-5-3-17(28-2,4-6-27)18(19,20)21/h7,9-10H,3-6,19-21H2,1-2H3. The largest absolute Gasteiger partial charge is 0.380 e. The molecule has 1 aliphatic heterocycles. The Morgan fingerprint density at radius 2 is 2.04 bits per heavy atom. The van der Waals surface area contributed by atoms with Crippen molar-refractivity contribution in [3.8, 4) is 6.07 Å². The van der Waals surface area contributed by atoms with Crippen LogP contribution in [0.5, 0.6) is 0 Å². The van der Waals surface area contributed by atoms with E-state index in [1.807, 2.05) is 13.0 Å². The van der Waals surface area contributed by atoms with Crippen molar-refractivity contribution in [2.75, 3.05) is 25.1 Å². The van der Waals surface area contributed by atoms with Crippen LogP contribution in [0.4, 0.5) is 5.69 Å². The third-order valence-electron chi connectivity index (χ3n) is 5.99. The number of pyridine rings is 2. The van der Waals surface area contributed by atoms with Gasteiger partial charge in [-0.25, -0.2) is 4.98 Å². The number of ether oxygens (including phenoxy) is 1. The van der Waals surface area contributed by atoms with Gasteiger partial charge in [-0.05, 0) is 25.8 Å². The highest BCUT2D eigenvalue weighted by Crippen LogP contribution is 2.43. The average molecular weight is 459 g/mol. The van der Waals surface area contributed by atoms with Crippen LogP contribution in [0, 0.1) is 11.3 Å². The van der Waals surface area contributed by atoms with Crippen molar-refractivity contribution >= 4 is 67.7 Å². The first-order valence-corrected chi connectivity index (χ1v) is 10.8. The molecule has 0 aromatic carbocycles. The van der Waals surface area contributed by atoms with Crippen molar-refractivity contribution < 1.29 is 4.74 Å². The molecule has 0 amide bonds. The van der Waals surface area contributed by atoms with Crippen LogP contribution in [0.25, 0.3) is 10.9 Å². The van der Waals surface area contributed by atoms with Crippen molar-refractivity contribution in [2.24, 2.45) is 0 Å². The van der Waals surface area contributed by atoms with Gasteiger partial charge in [0, 0.05) is 25.6 Å². The number of piperidine rings is 1. The lowest BCUT2D eigenvalue weighted by Gasteiger charge is -2.50. The molecule has 1 atom stereocenters. The van der Waals surface area contributed by atoms with Crippen LogP contribution in [0.3, 0.4) is 0 Å². The second-order valence-electron chi connectivity index (χ2n) is 8.42. The Morgan fingerprint density at radius 3 is 2.54 bits per heavy atom. The minimum Gasteiger partial charge on any atom is -0.380 e. The van der Waals surface area contributed by atoms with Crippen LogP contribution in [-0.4, -0.2) is 59.3 Å². The number of halogens is 2. The SMILES string of the molecule is BC(B)(B)C1(OC)CCN(c2c(C#N)c(Cl)nc3cnc(C(C)Br)cc23)CC1. The Balaban J connectivity index is 2.10. The molecule has 144 valence electrons. The molecule has 5 nitrogen and oxygen atoms in total. The summed E-state index contributed by atoms with van der Waals surface area (Å²) < 4.78 is 6.00. The monoisotopic (exact) mass is 458 g/mol. The summed E-state index contributed by atoms with van der Waals surface area (Å²) in [5.74, 6) is 0. The van der Waals surface area contributed by atoms with Crippen LogP contribution < -0.4 is 4.90 Å². The summed E-state index contributed by atoms with van der Waals surface area (Å²) in [4.78, 5) is 11.2. The van der Waals surface area contributed by atoms with Crippen LogP contribution in [0.15, 0.2) is 12.3 Å². The second-order valence-corrected chi connectivity index (χ2v) is 10.1. The van der Waals surface area contributed by atoms with Gasteiger partial charge in [0.1, 0.15) is 16.8 Å². The van der Waals surface area contributed by atoms with Crippen molar-refractivity contribution in [3.05, 3.63) is 28.7 Å². The number of rotatable bonds is 4. The molecular formula is C18H23B3BrClN4O. The maximum absolute atomic E-state index is 9.80. The van der Waals surface area contributed by atoms with Crippen molar-refractivity contribution in [3.63, 3.8) is 0 Å². The summed E-state index contributed by atoms with van der Waals surface area (Å²) in [6.45, 7) is 3.60. The Labute approximate surface area is 182 Å². The molecule has 3 rings (SSSR count). The molecule has 1 unspecified atom stereocenters. The lowest BCUT2D eigenvalue weighted by atomic mass is 9.35. The van der Waals surface area contributed by atoms with Crippen LogP contribution in [-0.2, 0) is 4.74 Å². The van der Waals surface area contributed by atoms with Gasteiger partial charge in [-0.1, -0.05) is 32.6 Å². The first kappa shape index (κ1) is 21.5. The summed E-state index contributed by atoms with van der Waals surface area (Å²) >= 11 is 9.94. The zero-order chi connectivity index (χ0) is 20.7. The number of anilines is 1. The van der Waals surface area contributed by atoms with Crippen molar-refractivity contribution in [1.82, 2.24) is 9.97 Å². The number of methoxy groups -OCH3 is 1. The molecule has 0 saturated carbocycles. The fourth-order valence-electron chi connectivity index (χ4n) is 4.13. The van der Waals surface area contributed by atoms with E-state index in [-0.39, 0.29) is 20.7 Å². The molecule has 10 heteroatoms. The molecule has 1 fully saturated rings. The molecule has 0 bridgehead atoms. The van der Waals surface area contributed by atoms with Gasteiger partial charge in [0.05, 0.1) is 57.1 Å². The molecule has 3 heterocycles. The number of nitriles is 1. The van der Waals surface area contributed by atoms with Gasteiger partial charge in [0.2, 0.25) is 0 Å². The number of aromatic nitrogens is 2. The second kappa shape index (κ2) is 7.89. The molecule has 1 saturated heterocycles. The zero-order valence-electron chi connectivity index (χ0n) is 17.0. The average Bonchev–Trinajstić information content (AvgIpc) is 2.65. The topological polar surface area (TPSA) is 62.0 Å². The Morgan fingerprint density at radius 1 is 1.39 bits per heavy atom. The maximum Gasteiger partial charge on any atom is 0.149 e. The predicted molar refractivity (Wildman–Crippen MR) is 126 cm³/mol. The van der Waals surface area contributed by atoms with E-state index in [1.54, 1.807) is 13.3 Å². The highest BCUT2D eigenvalue weighted by Gasteiger charge is 2.44. The summed E-state index contributed by atoms with van der Waals surface area (Å²) in [6, 6.07) is 4.28. The summed E-state index contributed by atoms with van der Waals surface area (Å²) in [7, 11) is 8.47. The van der Waals surface area contributed by atoms with E-state index in [1.165, 1.54) is 0 Å². The molecule has 28 heavy (non-hydrogen) atoms. The van der Waals surface area contributed by atoms with Gasteiger partial charge in [-0.3, -0.25) is 4.98 Å². The molecule has 0 N–H and O–H groups in total. The third kappa shape index (κ3) is 3.67. The number of nitrogens with zero attached hydrogens (tertiary/aromatic N) is 4. The molecule has 0 aliphatic carbocycles. The lowest BCUT2D eigenvalue weighted by molar-refractivity contribution is -0.0286. The van der Waals surface area contributed by atoms with Gasteiger partial charge in [-0.2, -0.15) is 5.26 Å². The van der Waals surface area contributed by atoms with Crippen LogP contribution >= 0.6 is 27.5 Å². The first-order chi connectivity index (χ1) is 13.1. The Bertz CT molecular complexity index is 937. The number of hydrogen-bond donors (Lipinski definition) is 0. The normalized spacial score (nSPS) is 18.0. The van der Waals surface area contributed by atoms with Gasteiger partial charge in [0.15, 0.2) is 0 Å². The van der Waals surface area contributed by atoms with Gasteiger partial charge >= 0.3 is 0 Å². The fourth-order valence-corrected chi connectivity index (χ4v) is 4.61. The number of alkyl halides is 1. The van der Waals surface area contributed by atoms with Gasteiger partial charge in [0.25, 0.3) is 0 Å². The minimum absolute atomic E-state index is 0.0341. The quantitative estimate of drug-likeness (QED) is 0.395. The molecule has 2 aromatic rings. The van der Waals surface area contributed by atoms with Crippen LogP contribution in [0.1, 0.15) is 35.8 Å². The highest BCUT2D eigenvalue weighted by molar-refractivity contribution is 9.09. The zero-order valence-corrected chi connectivity index (χ0v) is 19.4. The van der Waals surface area contributed by atoms with Gasteiger partial charge in [-0.15, -0.1) is 0 Å². The molecule has 2 aromatic heterocycles. The summed E-state index contributed by atoms with van der Waals surface area (Å²) in [5, 5.41) is 11.0. The Hall–Kier alpha value is -1.23. The van der Waals surface area contributed by atoms with Crippen LogP contribution in [0.2, 0.25) is 10.3 Å². The number of fused-ring (bicyclic) bond motifs is 1.